The zero-order chi connectivity index (χ0) is 19.9. The summed E-state index contributed by atoms with van der Waals surface area (Å²) in [6.45, 7) is 4.62. The van der Waals surface area contributed by atoms with Gasteiger partial charge in [0.15, 0.2) is 0 Å². The molecule has 0 spiro atoms. The first kappa shape index (κ1) is 19.9. The van der Waals surface area contributed by atoms with E-state index in [0.29, 0.717) is 12.4 Å². The highest BCUT2D eigenvalue weighted by molar-refractivity contribution is 9.10. The number of nitrogens with zero attached hydrogens (tertiary/aromatic N) is 1. The maximum absolute atomic E-state index is 12.1. The molecule has 0 unspecified atom stereocenters. The Hall–Kier alpha value is -2.86. The highest BCUT2D eigenvalue weighted by Crippen LogP contribution is 2.34. The lowest BCUT2D eigenvalue weighted by Crippen LogP contribution is -2.25. The highest BCUT2D eigenvalue weighted by atomic mass is 79.9. The number of fused-ring (bicyclic) bond motifs is 1. The Morgan fingerprint density at radius 2 is 1.93 bits per heavy atom. The van der Waals surface area contributed by atoms with E-state index in [0.717, 1.165) is 26.5 Å². The summed E-state index contributed by atoms with van der Waals surface area (Å²) in [5.41, 5.74) is 5.44. The van der Waals surface area contributed by atoms with E-state index >= 15 is 0 Å². The van der Waals surface area contributed by atoms with Crippen molar-refractivity contribution >= 4 is 44.5 Å². The smallest absolute Gasteiger partial charge is 0.259 e. The average molecular weight is 440 g/mol. The first-order chi connectivity index (χ1) is 13.6. The van der Waals surface area contributed by atoms with Crippen LogP contribution < -0.4 is 15.5 Å². The van der Waals surface area contributed by atoms with Crippen molar-refractivity contribution in [1.29, 1.82) is 0 Å². The Kier molecular flexibility index (Phi) is 6.66. The Balaban J connectivity index is 1.72. The van der Waals surface area contributed by atoms with Gasteiger partial charge in [0, 0.05) is 11.3 Å². The van der Waals surface area contributed by atoms with Crippen LogP contribution in [-0.2, 0) is 4.79 Å². The van der Waals surface area contributed by atoms with Gasteiger partial charge in [-0.3, -0.25) is 4.79 Å². The second kappa shape index (κ2) is 9.37. The molecule has 0 aliphatic carbocycles. The maximum atomic E-state index is 12.1. The van der Waals surface area contributed by atoms with Crippen molar-refractivity contribution in [2.75, 3.05) is 18.5 Å². The highest BCUT2D eigenvalue weighted by Gasteiger charge is 2.12. The molecule has 0 aliphatic rings. The number of ether oxygens (including phenoxy) is 1. The van der Waals surface area contributed by atoms with Crippen molar-refractivity contribution in [3.05, 3.63) is 70.2 Å². The van der Waals surface area contributed by atoms with Crippen molar-refractivity contribution in [2.24, 2.45) is 5.10 Å². The van der Waals surface area contributed by atoms with Gasteiger partial charge < -0.3 is 10.1 Å². The fourth-order valence-corrected chi connectivity index (χ4v) is 3.38. The number of carbonyl (C=O) groups excluding carboxylic acids is 1. The number of hydrogen-bond donors (Lipinski definition) is 2. The summed E-state index contributed by atoms with van der Waals surface area (Å²) in [7, 11) is 0. The van der Waals surface area contributed by atoms with E-state index in [1.807, 2.05) is 68.4 Å². The third-order valence-corrected chi connectivity index (χ3v) is 4.76. The predicted octanol–water partition coefficient (Wildman–Crippen LogP) is 4.87. The largest absolute Gasteiger partial charge is 0.492 e. The maximum Gasteiger partial charge on any atom is 0.259 e. The van der Waals surface area contributed by atoms with Gasteiger partial charge in [-0.25, -0.2) is 5.43 Å². The molecule has 3 aromatic carbocycles. The number of hydrazone groups is 1. The molecule has 0 saturated heterocycles. The number of benzene rings is 3. The van der Waals surface area contributed by atoms with Crippen molar-refractivity contribution < 1.29 is 9.53 Å². The van der Waals surface area contributed by atoms with Crippen LogP contribution >= 0.6 is 15.9 Å². The van der Waals surface area contributed by atoms with E-state index in [4.69, 9.17) is 4.74 Å². The number of carbonyl (C=O) groups is 1. The molecule has 0 radical (unpaired) electrons. The van der Waals surface area contributed by atoms with Gasteiger partial charge in [-0.2, -0.15) is 5.10 Å². The van der Waals surface area contributed by atoms with Crippen LogP contribution in [0.1, 0.15) is 18.1 Å². The van der Waals surface area contributed by atoms with E-state index in [1.165, 1.54) is 5.56 Å². The van der Waals surface area contributed by atoms with Crippen molar-refractivity contribution in [3.63, 3.8) is 0 Å². The Labute approximate surface area is 172 Å². The molecular formula is C22H22BrN3O2. The third kappa shape index (κ3) is 4.89. The molecule has 144 valence electrons. The molecule has 0 fully saturated rings. The number of nitrogens with one attached hydrogen (secondary N) is 2. The van der Waals surface area contributed by atoms with Gasteiger partial charge in [0.1, 0.15) is 5.75 Å². The first-order valence-corrected chi connectivity index (χ1v) is 9.84. The SMILES string of the molecule is CCOc1c(Br)cc2ccccc2c1C=NNC(=O)CNc1ccc(C)cc1. The first-order valence-electron chi connectivity index (χ1n) is 9.05. The molecule has 6 heteroatoms. The molecule has 0 aliphatic heterocycles. The molecule has 28 heavy (non-hydrogen) atoms. The fraction of sp³-hybridized carbons (Fsp3) is 0.182. The van der Waals surface area contributed by atoms with Gasteiger partial charge in [0.25, 0.3) is 5.91 Å². The summed E-state index contributed by atoms with van der Waals surface area (Å²) >= 11 is 3.56. The van der Waals surface area contributed by atoms with Crippen LogP contribution in [0.4, 0.5) is 5.69 Å². The molecule has 3 rings (SSSR count). The van der Waals surface area contributed by atoms with Crippen LogP contribution in [0.2, 0.25) is 0 Å². The van der Waals surface area contributed by atoms with Gasteiger partial charge in [0.2, 0.25) is 0 Å². The summed E-state index contributed by atoms with van der Waals surface area (Å²) in [5.74, 6) is 0.478. The zero-order valence-electron chi connectivity index (χ0n) is 15.8. The minimum atomic E-state index is -0.228. The Morgan fingerprint density at radius 3 is 2.68 bits per heavy atom. The summed E-state index contributed by atoms with van der Waals surface area (Å²) in [6.07, 6.45) is 1.63. The average Bonchev–Trinajstić information content (AvgIpc) is 2.69. The predicted molar refractivity (Wildman–Crippen MR) is 118 cm³/mol. The van der Waals surface area contributed by atoms with Crippen LogP contribution in [0.25, 0.3) is 10.8 Å². The molecule has 0 saturated carbocycles. The Bertz CT molecular complexity index is 1000. The third-order valence-electron chi connectivity index (χ3n) is 4.17. The molecule has 0 bridgehead atoms. The molecule has 2 N–H and O–H groups in total. The van der Waals surface area contributed by atoms with E-state index < -0.39 is 0 Å². The zero-order valence-corrected chi connectivity index (χ0v) is 17.4. The van der Waals surface area contributed by atoms with Gasteiger partial charge >= 0.3 is 0 Å². The number of amides is 1. The quantitative estimate of drug-likeness (QED) is 0.407. The standard InChI is InChI=1S/C22H22BrN3O2/c1-3-28-22-19(18-7-5-4-6-16(18)12-20(22)23)13-25-26-21(27)14-24-17-10-8-15(2)9-11-17/h4-13,24H,3,14H2,1-2H3,(H,26,27). The van der Waals surface area contributed by atoms with E-state index in [1.54, 1.807) is 6.21 Å². The second-order valence-corrected chi connectivity index (χ2v) is 7.12. The van der Waals surface area contributed by atoms with Gasteiger partial charge in [-0.05, 0) is 58.7 Å². The number of anilines is 1. The van der Waals surface area contributed by atoms with Crippen LogP contribution in [0, 0.1) is 6.92 Å². The number of hydrogen-bond acceptors (Lipinski definition) is 4. The van der Waals surface area contributed by atoms with E-state index in [2.05, 4.69) is 31.8 Å². The van der Waals surface area contributed by atoms with E-state index in [-0.39, 0.29) is 12.5 Å². The van der Waals surface area contributed by atoms with Crippen molar-refractivity contribution in [2.45, 2.75) is 13.8 Å². The van der Waals surface area contributed by atoms with E-state index in [9.17, 15) is 4.79 Å². The molecule has 3 aromatic rings. The van der Waals surface area contributed by atoms with Crippen LogP contribution in [-0.4, -0.2) is 25.3 Å². The van der Waals surface area contributed by atoms with Gasteiger partial charge in [-0.15, -0.1) is 0 Å². The molecular weight excluding hydrogens is 418 g/mol. The van der Waals surface area contributed by atoms with Crippen molar-refractivity contribution in [1.82, 2.24) is 5.43 Å². The minimum absolute atomic E-state index is 0.137. The summed E-state index contributed by atoms with van der Waals surface area (Å²) in [4.78, 5) is 12.1. The summed E-state index contributed by atoms with van der Waals surface area (Å²) < 4.78 is 6.63. The number of halogens is 1. The molecule has 0 heterocycles. The van der Waals surface area contributed by atoms with Crippen LogP contribution in [0.15, 0.2) is 64.2 Å². The van der Waals surface area contributed by atoms with Gasteiger partial charge in [0.05, 0.1) is 23.8 Å². The molecule has 0 aromatic heterocycles. The number of aryl methyl sites for hydroxylation is 1. The normalized spacial score (nSPS) is 11.0. The molecule has 0 atom stereocenters. The summed E-state index contributed by atoms with van der Waals surface area (Å²) in [6, 6.07) is 17.9. The van der Waals surface area contributed by atoms with Gasteiger partial charge in [-0.1, -0.05) is 42.0 Å². The second-order valence-electron chi connectivity index (χ2n) is 6.27. The van der Waals surface area contributed by atoms with Crippen LogP contribution in [0.5, 0.6) is 5.75 Å². The Morgan fingerprint density at radius 1 is 1.18 bits per heavy atom. The fourth-order valence-electron chi connectivity index (χ4n) is 2.80. The van der Waals surface area contributed by atoms with Crippen LogP contribution in [0.3, 0.4) is 0 Å². The molecule has 1 amide bonds. The minimum Gasteiger partial charge on any atom is -0.492 e. The summed E-state index contributed by atoms with van der Waals surface area (Å²) in [5, 5.41) is 9.28. The lowest BCUT2D eigenvalue weighted by atomic mass is 10.0. The monoisotopic (exact) mass is 439 g/mol. The topological polar surface area (TPSA) is 62.7 Å². The lowest BCUT2D eigenvalue weighted by Gasteiger charge is -2.12. The van der Waals surface area contributed by atoms with Crippen molar-refractivity contribution in [3.8, 4) is 5.75 Å². The number of rotatable bonds is 7. The lowest BCUT2D eigenvalue weighted by molar-refractivity contribution is -0.119. The molecule has 5 nitrogen and oxygen atoms in total.